The molecule has 4 rings (SSSR count). The molecule has 2 heterocycles. The van der Waals surface area contributed by atoms with Gasteiger partial charge in [-0.05, 0) is 30.3 Å². The summed E-state index contributed by atoms with van der Waals surface area (Å²) in [6, 6.07) is 9.15. The van der Waals surface area contributed by atoms with Gasteiger partial charge in [0.1, 0.15) is 22.4 Å². The number of benzene rings is 1. The molecule has 1 aromatic carbocycles. The lowest BCUT2D eigenvalue weighted by Crippen LogP contribution is -2.34. The fourth-order valence-corrected chi connectivity index (χ4v) is 4.00. The van der Waals surface area contributed by atoms with Crippen molar-refractivity contribution in [2.75, 3.05) is 23.0 Å². The number of hydrogen-bond acceptors (Lipinski definition) is 8. The van der Waals surface area contributed by atoms with Crippen molar-refractivity contribution in [2.45, 2.75) is 17.9 Å². The van der Waals surface area contributed by atoms with E-state index in [-0.39, 0.29) is 48.3 Å². The van der Waals surface area contributed by atoms with Gasteiger partial charge >= 0.3 is 0 Å². The molecule has 1 amide bonds. The predicted molar refractivity (Wildman–Crippen MR) is 124 cm³/mol. The number of anilines is 3. The maximum absolute atomic E-state index is 14.4. The van der Waals surface area contributed by atoms with Gasteiger partial charge in [-0.2, -0.15) is 0 Å². The fraction of sp³-hybridized carbons (Fsp3) is 0.227. The summed E-state index contributed by atoms with van der Waals surface area (Å²) in [6.45, 7) is -0.0500. The van der Waals surface area contributed by atoms with Crippen molar-refractivity contribution >= 4 is 52.2 Å². The topological polar surface area (TPSA) is 117 Å². The number of aromatic nitrogens is 3. The van der Waals surface area contributed by atoms with Crippen LogP contribution in [0.5, 0.6) is 0 Å². The van der Waals surface area contributed by atoms with Crippen LogP contribution in [-0.4, -0.2) is 44.3 Å². The Balaban J connectivity index is 1.59. The van der Waals surface area contributed by atoms with Crippen LogP contribution in [0.15, 0.2) is 47.6 Å². The summed E-state index contributed by atoms with van der Waals surface area (Å²) in [5, 5.41) is 24.3. The first kappa shape index (κ1) is 23.1. The molecule has 8 nitrogen and oxygen atoms in total. The van der Waals surface area contributed by atoms with Crippen molar-refractivity contribution in [1.82, 2.24) is 15.2 Å². The summed E-state index contributed by atoms with van der Waals surface area (Å²) in [5.41, 5.74) is 1.62. The lowest BCUT2D eigenvalue weighted by Gasteiger charge is -2.22. The molecule has 1 aliphatic rings. The van der Waals surface area contributed by atoms with Crippen LogP contribution in [0.4, 0.5) is 21.6 Å². The number of aliphatic hydroxyl groups excluding tert-OH is 1. The van der Waals surface area contributed by atoms with Crippen LogP contribution in [0.1, 0.15) is 12.8 Å². The lowest BCUT2D eigenvalue weighted by atomic mass is 9.83. The Morgan fingerprint density at radius 1 is 1.21 bits per heavy atom. The number of carbonyl (C=O) groups is 2. The smallest absolute Gasteiger partial charge is 0.229 e. The monoisotopic (exact) mass is 487 g/mol. The van der Waals surface area contributed by atoms with Crippen molar-refractivity contribution in [2.24, 2.45) is 5.92 Å². The van der Waals surface area contributed by atoms with Crippen LogP contribution in [0.25, 0.3) is 11.3 Å². The van der Waals surface area contributed by atoms with Crippen LogP contribution in [0.2, 0.25) is 5.02 Å². The van der Waals surface area contributed by atoms with Gasteiger partial charge in [0, 0.05) is 47.1 Å². The highest BCUT2D eigenvalue weighted by Crippen LogP contribution is 2.33. The van der Waals surface area contributed by atoms with E-state index in [1.54, 1.807) is 18.2 Å². The largest absolute Gasteiger partial charge is 0.396 e. The number of carbonyl (C=O) groups excluding carboxylic acids is 2. The molecule has 0 radical (unpaired) electrons. The van der Waals surface area contributed by atoms with E-state index >= 15 is 0 Å². The molecule has 0 spiro atoms. The third-order valence-corrected chi connectivity index (χ3v) is 6.10. The minimum atomic E-state index is -0.487. The Morgan fingerprint density at radius 2 is 2.03 bits per heavy atom. The van der Waals surface area contributed by atoms with Crippen molar-refractivity contribution < 1.29 is 19.1 Å². The van der Waals surface area contributed by atoms with E-state index < -0.39 is 5.82 Å². The fourth-order valence-electron chi connectivity index (χ4n) is 3.18. The molecular weight excluding hydrogens is 469 g/mol. The SMILES string of the molecule is O=C1CC(C(=O)Nc2cc(Nc3cc(-c4cc(Cl)ccc4F)nnc3SCCO)ccn2)C1. The van der Waals surface area contributed by atoms with Gasteiger partial charge in [0.2, 0.25) is 5.91 Å². The van der Waals surface area contributed by atoms with Gasteiger partial charge in [-0.3, -0.25) is 9.59 Å². The highest BCUT2D eigenvalue weighted by Gasteiger charge is 2.32. The maximum atomic E-state index is 14.4. The van der Waals surface area contributed by atoms with Crippen molar-refractivity contribution in [3.05, 3.63) is 53.4 Å². The minimum Gasteiger partial charge on any atom is -0.396 e. The van der Waals surface area contributed by atoms with Crippen LogP contribution >= 0.6 is 23.4 Å². The molecule has 1 fully saturated rings. The van der Waals surface area contributed by atoms with Gasteiger partial charge < -0.3 is 15.7 Å². The molecule has 3 N–H and O–H groups in total. The Labute approximate surface area is 198 Å². The number of nitrogens with one attached hydrogen (secondary N) is 2. The number of halogens is 2. The highest BCUT2D eigenvalue weighted by atomic mass is 35.5. The average Bonchev–Trinajstić information content (AvgIpc) is 2.78. The molecule has 2 aromatic heterocycles. The number of ketones is 1. The maximum Gasteiger partial charge on any atom is 0.229 e. The van der Waals surface area contributed by atoms with E-state index in [1.165, 1.54) is 36.2 Å². The van der Waals surface area contributed by atoms with Crippen LogP contribution < -0.4 is 10.6 Å². The van der Waals surface area contributed by atoms with Crippen LogP contribution in [0.3, 0.4) is 0 Å². The van der Waals surface area contributed by atoms with Gasteiger partial charge in [0.05, 0.1) is 23.9 Å². The zero-order chi connectivity index (χ0) is 23.4. The quantitative estimate of drug-likeness (QED) is 0.407. The summed E-state index contributed by atoms with van der Waals surface area (Å²) in [5.74, 6) is -0.259. The summed E-state index contributed by atoms with van der Waals surface area (Å²) < 4.78 is 14.4. The Morgan fingerprint density at radius 3 is 2.79 bits per heavy atom. The molecular formula is C22H19ClFN5O3S. The second kappa shape index (κ2) is 10.2. The Bertz CT molecular complexity index is 1200. The minimum absolute atomic E-state index is 0.0500. The van der Waals surface area contributed by atoms with Crippen molar-refractivity contribution in [3.8, 4) is 11.3 Å². The predicted octanol–water partition coefficient (Wildman–Crippen LogP) is 4.08. The molecule has 0 atom stereocenters. The van der Waals surface area contributed by atoms with Gasteiger partial charge in [0.25, 0.3) is 0 Å². The number of rotatable bonds is 8. The van der Waals surface area contributed by atoms with E-state index in [0.717, 1.165) is 0 Å². The number of nitrogens with zero attached hydrogens (tertiary/aromatic N) is 3. The Kier molecular flexibility index (Phi) is 7.17. The van der Waals surface area contributed by atoms with Crippen LogP contribution in [0, 0.1) is 11.7 Å². The van der Waals surface area contributed by atoms with Gasteiger partial charge in [-0.15, -0.1) is 22.0 Å². The molecule has 0 saturated heterocycles. The normalized spacial score (nSPS) is 13.5. The molecule has 1 aliphatic carbocycles. The van der Waals surface area contributed by atoms with Gasteiger partial charge in [-0.1, -0.05) is 11.6 Å². The van der Waals surface area contributed by atoms with E-state index in [4.69, 9.17) is 11.6 Å². The van der Waals surface area contributed by atoms with E-state index in [0.29, 0.717) is 33.0 Å². The van der Waals surface area contributed by atoms with Gasteiger partial charge in [0.15, 0.2) is 0 Å². The van der Waals surface area contributed by atoms with Crippen molar-refractivity contribution in [3.63, 3.8) is 0 Å². The lowest BCUT2D eigenvalue weighted by molar-refractivity contribution is -0.135. The number of aliphatic hydroxyl groups is 1. The average molecular weight is 488 g/mol. The standard InChI is InChI=1S/C22H19ClFN5O3S/c23-13-1-2-17(24)16(9-13)18-11-19(22(29-28-18)33-6-5-30)26-14-3-4-25-20(10-14)27-21(32)12-7-15(31)8-12/h1-4,9-12,30H,5-8H2,(H2,25,26,27,28,32). The number of amides is 1. The zero-order valence-corrected chi connectivity index (χ0v) is 18.8. The number of Topliss-reactive ketones (excluding diaryl/α,β-unsaturated/α-hetero) is 1. The molecule has 3 aromatic rings. The third-order valence-electron chi connectivity index (χ3n) is 4.90. The van der Waals surface area contributed by atoms with Crippen LogP contribution in [-0.2, 0) is 9.59 Å². The number of hydrogen-bond donors (Lipinski definition) is 3. The highest BCUT2D eigenvalue weighted by molar-refractivity contribution is 7.99. The molecule has 0 unspecified atom stereocenters. The molecule has 11 heteroatoms. The first-order chi connectivity index (χ1) is 15.9. The van der Waals surface area contributed by atoms with Gasteiger partial charge in [-0.25, -0.2) is 9.37 Å². The van der Waals surface area contributed by atoms with E-state index in [2.05, 4.69) is 25.8 Å². The summed E-state index contributed by atoms with van der Waals surface area (Å²) in [7, 11) is 0. The zero-order valence-electron chi connectivity index (χ0n) is 17.2. The number of pyridine rings is 1. The molecule has 1 saturated carbocycles. The summed E-state index contributed by atoms with van der Waals surface area (Å²) in [4.78, 5) is 27.5. The summed E-state index contributed by atoms with van der Waals surface area (Å²) >= 11 is 7.30. The Hall–Kier alpha value is -3.08. The van der Waals surface area contributed by atoms with E-state index in [1.807, 2.05) is 0 Å². The first-order valence-corrected chi connectivity index (χ1v) is 11.4. The first-order valence-electron chi connectivity index (χ1n) is 10.1. The molecule has 0 bridgehead atoms. The molecule has 0 aliphatic heterocycles. The molecule has 170 valence electrons. The number of thioether (sulfide) groups is 1. The second-order valence-electron chi connectivity index (χ2n) is 7.33. The third kappa shape index (κ3) is 5.65. The molecule has 33 heavy (non-hydrogen) atoms. The summed E-state index contributed by atoms with van der Waals surface area (Å²) in [6.07, 6.45) is 2.03. The van der Waals surface area contributed by atoms with E-state index in [9.17, 15) is 19.1 Å². The van der Waals surface area contributed by atoms with Crippen molar-refractivity contribution in [1.29, 1.82) is 0 Å². The second-order valence-corrected chi connectivity index (χ2v) is 8.85.